The summed E-state index contributed by atoms with van der Waals surface area (Å²) in [6.45, 7) is 5.37. The number of nitroso groups, excluding NO2 is 1. The highest BCUT2D eigenvalue weighted by molar-refractivity contribution is 6.01. The lowest BCUT2D eigenvalue weighted by Crippen LogP contribution is -1.96. The smallest absolute Gasteiger partial charge is 0.141 e. The summed E-state index contributed by atoms with van der Waals surface area (Å²) in [5, 5.41) is 4.15. The van der Waals surface area contributed by atoms with Crippen molar-refractivity contribution in [1.82, 2.24) is 4.57 Å². The second-order valence-electron chi connectivity index (χ2n) is 5.01. The zero-order chi connectivity index (χ0) is 15.5. The highest BCUT2D eigenvalue weighted by Crippen LogP contribution is 2.41. The number of fused-ring (bicyclic) bond motifs is 1. The molecule has 0 N–H and O–H groups in total. The van der Waals surface area contributed by atoms with Gasteiger partial charge >= 0.3 is 0 Å². The van der Waals surface area contributed by atoms with Gasteiger partial charge in [-0.3, -0.25) is 0 Å². The zero-order valence-corrected chi connectivity index (χ0v) is 12.7. The Bertz CT molecular complexity index is 807. The fourth-order valence-corrected chi connectivity index (χ4v) is 2.88. The van der Waals surface area contributed by atoms with Gasteiger partial charge in [-0.05, 0) is 37.2 Å². The Hall–Kier alpha value is -2.62. The topological polar surface area (TPSA) is 43.6 Å². The number of rotatable bonds is 5. The molecule has 112 valence electrons. The van der Waals surface area contributed by atoms with Gasteiger partial charge < -0.3 is 9.30 Å². The summed E-state index contributed by atoms with van der Waals surface area (Å²) in [4.78, 5) is 11.5. The number of aryl methyl sites for hydroxylation is 1. The molecule has 0 saturated carbocycles. The Morgan fingerprint density at radius 1 is 1.09 bits per heavy atom. The van der Waals surface area contributed by atoms with Crippen LogP contribution in [0.5, 0.6) is 5.75 Å². The third kappa shape index (κ3) is 2.26. The summed E-state index contributed by atoms with van der Waals surface area (Å²) in [6.07, 6.45) is 0. The molecule has 2 aromatic carbocycles. The molecule has 3 rings (SSSR count). The van der Waals surface area contributed by atoms with E-state index in [1.165, 1.54) is 0 Å². The molecular formula is C18H18N2O2. The molecule has 0 amide bonds. The molecule has 22 heavy (non-hydrogen) atoms. The van der Waals surface area contributed by atoms with E-state index >= 15 is 0 Å². The fourth-order valence-electron chi connectivity index (χ4n) is 2.88. The number of hydrogen-bond acceptors (Lipinski definition) is 3. The van der Waals surface area contributed by atoms with Crippen LogP contribution in [0.2, 0.25) is 0 Å². The van der Waals surface area contributed by atoms with Gasteiger partial charge in [0.25, 0.3) is 0 Å². The van der Waals surface area contributed by atoms with Gasteiger partial charge in [0, 0.05) is 17.5 Å². The van der Waals surface area contributed by atoms with E-state index < -0.39 is 0 Å². The Morgan fingerprint density at radius 3 is 2.50 bits per heavy atom. The molecular weight excluding hydrogens is 276 g/mol. The van der Waals surface area contributed by atoms with Crippen molar-refractivity contribution in [1.29, 1.82) is 0 Å². The molecule has 0 aliphatic carbocycles. The molecule has 0 saturated heterocycles. The van der Waals surface area contributed by atoms with Gasteiger partial charge in [0.2, 0.25) is 0 Å². The van der Waals surface area contributed by atoms with Crippen molar-refractivity contribution in [2.45, 2.75) is 20.4 Å². The van der Waals surface area contributed by atoms with Crippen LogP contribution in [0.4, 0.5) is 5.69 Å². The molecule has 0 unspecified atom stereocenters. The molecule has 0 aliphatic heterocycles. The lowest BCUT2D eigenvalue weighted by Gasteiger charge is -2.08. The van der Waals surface area contributed by atoms with E-state index in [4.69, 9.17) is 4.74 Å². The average molecular weight is 294 g/mol. The lowest BCUT2D eigenvalue weighted by molar-refractivity contribution is 0.340. The Kier molecular flexibility index (Phi) is 3.92. The molecule has 0 radical (unpaired) electrons. The quantitative estimate of drug-likeness (QED) is 0.613. The van der Waals surface area contributed by atoms with Crippen LogP contribution in [-0.4, -0.2) is 11.2 Å². The third-order valence-corrected chi connectivity index (χ3v) is 3.77. The first kappa shape index (κ1) is 14.3. The molecule has 1 aromatic heterocycles. The van der Waals surface area contributed by atoms with Crippen molar-refractivity contribution >= 4 is 16.6 Å². The minimum absolute atomic E-state index is 0.476. The molecule has 4 heteroatoms. The minimum atomic E-state index is 0.476. The molecule has 0 fully saturated rings. The van der Waals surface area contributed by atoms with E-state index in [1.807, 2.05) is 55.5 Å². The van der Waals surface area contributed by atoms with Crippen LogP contribution in [0.25, 0.3) is 22.2 Å². The largest absolute Gasteiger partial charge is 0.494 e. The van der Waals surface area contributed by atoms with Crippen LogP contribution in [0.15, 0.2) is 53.7 Å². The Labute approximate surface area is 129 Å². The van der Waals surface area contributed by atoms with E-state index in [0.717, 1.165) is 34.5 Å². The highest BCUT2D eigenvalue weighted by atomic mass is 16.5. The van der Waals surface area contributed by atoms with Crippen molar-refractivity contribution in [2.24, 2.45) is 5.18 Å². The van der Waals surface area contributed by atoms with E-state index in [-0.39, 0.29) is 0 Å². The first-order valence-electron chi connectivity index (χ1n) is 7.48. The molecule has 1 heterocycles. The van der Waals surface area contributed by atoms with Gasteiger partial charge in [0.1, 0.15) is 11.4 Å². The van der Waals surface area contributed by atoms with Gasteiger partial charge in [-0.1, -0.05) is 30.3 Å². The normalized spacial score (nSPS) is 10.8. The highest BCUT2D eigenvalue weighted by Gasteiger charge is 2.19. The van der Waals surface area contributed by atoms with Crippen LogP contribution < -0.4 is 4.74 Å². The van der Waals surface area contributed by atoms with Crippen LogP contribution >= 0.6 is 0 Å². The predicted molar refractivity (Wildman–Crippen MR) is 89.7 cm³/mol. The first-order chi connectivity index (χ1) is 10.8. The van der Waals surface area contributed by atoms with Gasteiger partial charge in [-0.25, -0.2) is 0 Å². The molecule has 0 aliphatic rings. The van der Waals surface area contributed by atoms with Crippen LogP contribution in [0, 0.1) is 4.91 Å². The fraction of sp³-hybridized carbons (Fsp3) is 0.222. The molecule has 0 spiro atoms. The number of ether oxygens (including phenoxy) is 1. The monoisotopic (exact) mass is 294 g/mol. The van der Waals surface area contributed by atoms with Crippen LogP contribution in [-0.2, 0) is 6.54 Å². The predicted octanol–water partition coefficient (Wildman–Crippen LogP) is 5.12. The van der Waals surface area contributed by atoms with Crippen molar-refractivity contribution in [2.75, 3.05) is 6.61 Å². The maximum Gasteiger partial charge on any atom is 0.141 e. The molecule has 0 bridgehead atoms. The summed E-state index contributed by atoms with van der Waals surface area (Å²) >= 11 is 0. The van der Waals surface area contributed by atoms with E-state index in [0.29, 0.717) is 12.3 Å². The second kappa shape index (κ2) is 6.02. The van der Waals surface area contributed by atoms with Crippen LogP contribution in [0.1, 0.15) is 13.8 Å². The summed E-state index contributed by atoms with van der Waals surface area (Å²) < 4.78 is 7.67. The van der Waals surface area contributed by atoms with Crippen molar-refractivity contribution < 1.29 is 4.74 Å². The number of nitrogens with zero attached hydrogens (tertiary/aromatic N) is 2. The SMILES string of the molecule is CCOc1ccc2c(c1)c(N=O)c(-c1ccccc1)n2CC. The Balaban J connectivity index is 2.33. The third-order valence-electron chi connectivity index (χ3n) is 3.77. The number of aromatic nitrogens is 1. The number of benzene rings is 2. The van der Waals surface area contributed by atoms with Gasteiger partial charge in [0.05, 0.1) is 17.8 Å². The van der Waals surface area contributed by atoms with Crippen molar-refractivity contribution in [3.63, 3.8) is 0 Å². The molecule has 0 atom stereocenters. The summed E-state index contributed by atoms with van der Waals surface area (Å²) in [5.74, 6) is 0.757. The molecule has 4 nitrogen and oxygen atoms in total. The maximum atomic E-state index is 11.5. The zero-order valence-electron chi connectivity index (χ0n) is 12.7. The van der Waals surface area contributed by atoms with Crippen molar-refractivity contribution in [3.8, 4) is 17.0 Å². The second-order valence-corrected chi connectivity index (χ2v) is 5.01. The van der Waals surface area contributed by atoms with E-state index in [9.17, 15) is 4.91 Å². The maximum absolute atomic E-state index is 11.5. The van der Waals surface area contributed by atoms with Crippen molar-refractivity contribution in [3.05, 3.63) is 53.4 Å². The van der Waals surface area contributed by atoms with E-state index in [2.05, 4.69) is 16.7 Å². The first-order valence-corrected chi connectivity index (χ1v) is 7.48. The van der Waals surface area contributed by atoms with Crippen LogP contribution in [0.3, 0.4) is 0 Å². The standard InChI is InChI=1S/C18H18N2O2/c1-3-20-16-11-10-14(22-4-2)12-15(16)17(19-21)18(20)13-8-6-5-7-9-13/h5-12H,3-4H2,1-2H3. The minimum Gasteiger partial charge on any atom is -0.494 e. The molecule has 3 aromatic rings. The van der Waals surface area contributed by atoms with Gasteiger partial charge in [0.15, 0.2) is 0 Å². The van der Waals surface area contributed by atoms with E-state index in [1.54, 1.807) is 0 Å². The summed E-state index contributed by atoms with van der Waals surface area (Å²) in [6, 6.07) is 15.7. The lowest BCUT2D eigenvalue weighted by atomic mass is 10.1. The average Bonchev–Trinajstić information content (AvgIpc) is 2.88. The van der Waals surface area contributed by atoms with Gasteiger partial charge in [-0.15, -0.1) is 4.91 Å². The van der Waals surface area contributed by atoms with Gasteiger partial charge in [-0.2, -0.15) is 0 Å². The summed E-state index contributed by atoms with van der Waals surface area (Å²) in [5.41, 5.74) is 3.33. The summed E-state index contributed by atoms with van der Waals surface area (Å²) in [7, 11) is 0. The Morgan fingerprint density at radius 2 is 1.86 bits per heavy atom. The number of hydrogen-bond donors (Lipinski definition) is 0.